The number of halogens is 2. The lowest BCUT2D eigenvalue weighted by Gasteiger charge is -2.14. The molecule has 0 aromatic carbocycles. The second kappa shape index (κ2) is 2.16. The van der Waals surface area contributed by atoms with Crippen LogP contribution in [-0.2, 0) is 4.79 Å². The van der Waals surface area contributed by atoms with Crippen LogP contribution >= 0.6 is 0 Å². The molecule has 1 saturated heterocycles. The van der Waals surface area contributed by atoms with Crippen molar-refractivity contribution in [1.29, 1.82) is 0 Å². The van der Waals surface area contributed by atoms with Crippen LogP contribution in [0.1, 0.15) is 6.42 Å². The number of nitrogens with two attached hydrogens (primary N) is 1. The highest BCUT2D eigenvalue weighted by Crippen LogP contribution is 2.26. The molecule has 0 unspecified atom stereocenters. The van der Waals surface area contributed by atoms with Crippen molar-refractivity contribution < 1.29 is 13.6 Å². The number of alkyl halides is 2. The SMILES string of the molecule is NC(=O)[C@@H]1NCCC1(F)F. The second-order valence-electron chi connectivity index (χ2n) is 2.30. The molecule has 0 aromatic heterocycles. The Labute approximate surface area is 56.6 Å². The van der Waals surface area contributed by atoms with Gasteiger partial charge in [0.2, 0.25) is 5.91 Å². The van der Waals surface area contributed by atoms with Crippen molar-refractivity contribution in [2.75, 3.05) is 6.54 Å². The third kappa shape index (κ3) is 1.09. The molecule has 1 amide bonds. The van der Waals surface area contributed by atoms with Crippen LogP contribution in [0.2, 0.25) is 0 Å². The zero-order valence-electron chi connectivity index (χ0n) is 5.23. The van der Waals surface area contributed by atoms with E-state index >= 15 is 0 Å². The summed E-state index contributed by atoms with van der Waals surface area (Å²) in [6.07, 6.45) is -0.305. The fourth-order valence-corrected chi connectivity index (χ4v) is 0.986. The molecule has 10 heavy (non-hydrogen) atoms. The van der Waals surface area contributed by atoms with Crippen molar-refractivity contribution in [3.8, 4) is 0 Å². The maximum absolute atomic E-state index is 12.5. The molecular formula is C5H8F2N2O. The van der Waals surface area contributed by atoms with Crippen LogP contribution in [0, 0.1) is 0 Å². The Morgan fingerprint density at radius 2 is 2.30 bits per heavy atom. The Bertz CT molecular complexity index is 160. The summed E-state index contributed by atoms with van der Waals surface area (Å²) in [5.74, 6) is -3.94. The summed E-state index contributed by atoms with van der Waals surface area (Å²) in [6, 6.07) is -1.47. The van der Waals surface area contributed by atoms with Crippen molar-refractivity contribution in [1.82, 2.24) is 5.32 Å². The van der Waals surface area contributed by atoms with Crippen LogP contribution in [0.15, 0.2) is 0 Å². The summed E-state index contributed by atoms with van der Waals surface area (Å²) in [5.41, 5.74) is 4.69. The van der Waals surface area contributed by atoms with Gasteiger partial charge in [-0.3, -0.25) is 4.79 Å². The normalized spacial score (nSPS) is 30.4. The van der Waals surface area contributed by atoms with Gasteiger partial charge in [0.15, 0.2) is 6.04 Å². The van der Waals surface area contributed by atoms with Gasteiger partial charge in [-0.2, -0.15) is 0 Å². The van der Waals surface area contributed by atoms with E-state index in [0.29, 0.717) is 0 Å². The predicted octanol–water partition coefficient (Wildman–Crippen LogP) is -0.531. The minimum absolute atomic E-state index is 0.153. The molecule has 1 rings (SSSR count). The maximum atomic E-state index is 12.5. The third-order valence-corrected chi connectivity index (χ3v) is 1.51. The summed E-state index contributed by atoms with van der Waals surface area (Å²) < 4.78 is 25.0. The summed E-state index contributed by atoms with van der Waals surface area (Å²) in [7, 11) is 0. The van der Waals surface area contributed by atoms with E-state index in [1.54, 1.807) is 0 Å². The highest BCUT2D eigenvalue weighted by molar-refractivity contribution is 5.81. The average molecular weight is 150 g/mol. The minimum atomic E-state index is -2.95. The van der Waals surface area contributed by atoms with Crippen molar-refractivity contribution in [3.05, 3.63) is 0 Å². The number of hydrogen-bond donors (Lipinski definition) is 2. The third-order valence-electron chi connectivity index (χ3n) is 1.51. The summed E-state index contributed by atoms with van der Waals surface area (Å²) in [5, 5.41) is 2.32. The van der Waals surface area contributed by atoms with Gasteiger partial charge in [-0.15, -0.1) is 0 Å². The van der Waals surface area contributed by atoms with E-state index < -0.39 is 17.9 Å². The molecule has 0 aromatic rings. The number of nitrogens with one attached hydrogen (secondary N) is 1. The van der Waals surface area contributed by atoms with Gasteiger partial charge < -0.3 is 11.1 Å². The average Bonchev–Trinajstić information content (AvgIpc) is 2.08. The number of amides is 1. The first kappa shape index (κ1) is 7.40. The molecule has 0 radical (unpaired) electrons. The summed E-state index contributed by atoms with van der Waals surface area (Å²) in [4.78, 5) is 10.3. The van der Waals surface area contributed by atoms with Crippen molar-refractivity contribution in [3.63, 3.8) is 0 Å². The Hall–Kier alpha value is -0.710. The molecule has 0 saturated carbocycles. The number of carbonyl (C=O) groups excluding carboxylic acids is 1. The van der Waals surface area contributed by atoms with Gasteiger partial charge in [0.05, 0.1) is 0 Å². The first-order valence-corrected chi connectivity index (χ1v) is 2.94. The molecule has 1 fully saturated rings. The maximum Gasteiger partial charge on any atom is 0.273 e. The number of hydrogen-bond acceptors (Lipinski definition) is 2. The number of primary amides is 1. The molecule has 3 N–H and O–H groups in total. The van der Waals surface area contributed by atoms with Gasteiger partial charge in [-0.25, -0.2) is 8.78 Å². The molecule has 58 valence electrons. The lowest BCUT2D eigenvalue weighted by Crippen LogP contribution is -2.46. The first-order valence-electron chi connectivity index (χ1n) is 2.94. The standard InChI is InChI=1S/C5H8F2N2O/c6-5(7)1-2-9-3(5)4(8)10/h3,9H,1-2H2,(H2,8,10)/t3-/m0/s1. The van der Waals surface area contributed by atoms with Gasteiger partial charge in [0.1, 0.15) is 0 Å². The van der Waals surface area contributed by atoms with Crippen molar-refractivity contribution in [2.45, 2.75) is 18.4 Å². The van der Waals surface area contributed by atoms with E-state index in [2.05, 4.69) is 5.32 Å². The first-order chi connectivity index (χ1) is 4.54. The largest absolute Gasteiger partial charge is 0.368 e. The molecular weight excluding hydrogens is 142 g/mol. The van der Waals surface area contributed by atoms with E-state index in [-0.39, 0.29) is 13.0 Å². The van der Waals surface area contributed by atoms with Gasteiger partial charge in [0, 0.05) is 13.0 Å². The van der Waals surface area contributed by atoms with E-state index in [1.807, 2.05) is 0 Å². The minimum Gasteiger partial charge on any atom is -0.368 e. The van der Waals surface area contributed by atoms with E-state index in [0.717, 1.165) is 0 Å². The molecule has 3 nitrogen and oxygen atoms in total. The molecule has 0 bridgehead atoms. The fraction of sp³-hybridized carbons (Fsp3) is 0.800. The monoisotopic (exact) mass is 150 g/mol. The van der Waals surface area contributed by atoms with Gasteiger partial charge >= 0.3 is 0 Å². The van der Waals surface area contributed by atoms with Gasteiger partial charge in [-0.1, -0.05) is 0 Å². The van der Waals surface area contributed by atoms with Crippen LogP contribution in [0.4, 0.5) is 8.78 Å². The quantitative estimate of drug-likeness (QED) is 0.528. The predicted molar refractivity (Wildman–Crippen MR) is 30.5 cm³/mol. The molecule has 5 heteroatoms. The van der Waals surface area contributed by atoms with E-state index in [9.17, 15) is 13.6 Å². The Morgan fingerprint density at radius 3 is 2.50 bits per heavy atom. The second-order valence-corrected chi connectivity index (χ2v) is 2.30. The Balaban J connectivity index is 2.68. The fourth-order valence-electron chi connectivity index (χ4n) is 0.986. The molecule has 1 aliphatic rings. The summed E-state index contributed by atoms with van der Waals surface area (Å²) >= 11 is 0. The molecule has 1 heterocycles. The Morgan fingerprint density at radius 1 is 1.70 bits per heavy atom. The molecule has 0 aliphatic carbocycles. The molecule has 0 spiro atoms. The van der Waals surface area contributed by atoms with E-state index in [4.69, 9.17) is 5.73 Å². The number of carbonyl (C=O) groups is 1. The van der Waals surface area contributed by atoms with Crippen LogP contribution in [-0.4, -0.2) is 24.4 Å². The lowest BCUT2D eigenvalue weighted by molar-refractivity contribution is -0.127. The van der Waals surface area contributed by atoms with Gasteiger partial charge in [-0.05, 0) is 0 Å². The van der Waals surface area contributed by atoms with Crippen molar-refractivity contribution in [2.24, 2.45) is 5.73 Å². The van der Waals surface area contributed by atoms with Crippen molar-refractivity contribution >= 4 is 5.91 Å². The topological polar surface area (TPSA) is 55.1 Å². The summed E-state index contributed by atoms with van der Waals surface area (Å²) in [6.45, 7) is 0.153. The van der Waals surface area contributed by atoms with Crippen LogP contribution in [0.5, 0.6) is 0 Å². The van der Waals surface area contributed by atoms with E-state index in [1.165, 1.54) is 0 Å². The number of rotatable bonds is 1. The lowest BCUT2D eigenvalue weighted by atomic mass is 10.1. The van der Waals surface area contributed by atoms with Gasteiger partial charge in [0.25, 0.3) is 5.92 Å². The van der Waals surface area contributed by atoms with Crippen LogP contribution < -0.4 is 11.1 Å². The van der Waals surface area contributed by atoms with Crippen LogP contribution in [0.3, 0.4) is 0 Å². The molecule has 1 aliphatic heterocycles. The zero-order valence-corrected chi connectivity index (χ0v) is 5.23. The zero-order chi connectivity index (χ0) is 7.78. The smallest absolute Gasteiger partial charge is 0.273 e. The molecule has 1 atom stereocenters. The van der Waals surface area contributed by atoms with Crippen LogP contribution in [0.25, 0.3) is 0 Å². The Kier molecular flexibility index (Phi) is 1.60. The highest BCUT2D eigenvalue weighted by Gasteiger charge is 2.47. The highest BCUT2D eigenvalue weighted by atomic mass is 19.3.